The lowest BCUT2D eigenvalue weighted by Gasteiger charge is -2.15. The lowest BCUT2D eigenvalue weighted by atomic mass is 10.3. The molecule has 0 unspecified atom stereocenters. The van der Waals surface area contributed by atoms with E-state index >= 15 is 0 Å². The Balaban J connectivity index is 3.98. The molecule has 0 aliphatic carbocycles. The molecule has 0 N–H and O–H groups in total. The van der Waals surface area contributed by atoms with Crippen molar-refractivity contribution in [2.75, 3.05) is 13.2 Å². The maximum atomic E-state index is 11.2. The fourth-order valence-corrected chi connectivity index (χ4v) is 0.841. The molecule has 13 heavy (non-hydrogen) atoms. The van der Waals surface area contributed by atoms with Gasteiger partial charge in [0, 0.05) is 12.8 Å². The molecule has 1 amide bonds. The van der Waals surface area contributed by atoms with Gasteiger partial charge in [-0.15, -0.1) is 0 Å². The highest BCUT2D eigenvalue weighted by Gasteiger charge is 2.11. The Morgan fingerprint density at radius 3 is 2.69 bits per heavy atom. The summed E-state index contributed by atoms with van der Waals surface area (Å²) in [5, 5.41) is 5.27. The molecule has 76 valence electrons. The molecule has 0 fully saturated rings. The zero-order chi connectivity index (χ0) is 10.1. The fraction of sp³-hybridized carbons (Fsp3) is 0.778. The summed E-state index contributed by atoms with van der Waals surface area (Å²) in [4.78, 5) is 11.2. The average molecular weight is 186 g/mol. The van der Waals surface area contributed by atoms with Crippen molar-refractivity contribution in [3.05, 3.63) is 0 Å². The molecule has 0 bridgehead atoms. The van der Waals surface area contributed by atoms with Gasteiger partial charge >= 0.3 is 6.09 Å². The van der Waals surface area contributed by atoms with Crippen LogP contribution in [0.3, 0.4) is 0 Å². The second kappa shape index (κ2) is 7.58. The number of hydrogen-bond donors (Lipinski definition) is 0. The van der Waals surface area contributed by atoms with Gasteiger partial charge in [0.15, 0.2) is 0 Å². The Bertz CT molecular complexity index is 169. The van der Waals surface area contributed by atoms with Crippen molar-refractivity contribution in [1.29, 1.82) is 0 Å². The number of hydrogen-bond acceptors (Lipinski definition) is 3. The predicted molar refractivity (Wildman–Crippen MR) is 52.8 cm³/mol. The normalized spacial score (nSPS) is 10.4. The monoisotopic (exact) mass is 186 g/mol. The third kappa shape index (κ3) is 5.22. The summed E-state index contributed by atoms with van der Waals surface area (Å²) in [6, 6.07) is 0. The van der Waals surface area contributed by atoms with Gasteiger partial charge in [-0.2, -0.15) is 10.1 Å². The van der Waals surface area contributed by atoms with Crippen LogP contribution in [-0.4, -0.2) is 30.5 Å². The van der Waals surface area contributed by atoms with E-state index in [1.807, 2.05) is 0 Å². The highest BCUT2D eigenvalue weighted by molar-refractivity contribution is 5.68. The van der Waals surface area contributed by atoms with E-state index in [0.29, 0.717) is 13.2 Å². The molecule has 4 heteroatoms. The summed E-state index contributed by atoms with van der Waals surface area (Å²) in [6.45, 7) is 6.64. The highest BCUT2D eigenvalue weighted by atomic mass is 16.6. The minimum Gasteiger partial charge on any atom is -0.448 e. The van der Waals surface area contributed by atoms with Crippen molar-refractivity contribution in [3.63, 3.8) is 0 Å². The van der Waals surface area contributed by atoms with E-state index in [4.69, 9.17) is 4.74 Å². The third-order valence-electron chi connectivity index (χ3n) is 1.46. The number of nitrogens with zero attached hydrogens (tertiary/aromatic N) is 2. The van der Waals surface area contributed by atoms with Gasteiger partial charge in [0.05, 0.1) is 6.61 Å². The van der Waals surface area contributed by atoms with Crippen LogP contribution in [0.15, 0.2) is 5.10 Å². The summed E-state index contributed by atoms with van der Waals surface area (Å²) >= 11 is 0. The molecular weight excluding hydrogens is 168 g/mol. The van der Waals surface area contributed by atoms with Gasteiger partial charge in [0.25, 0.3) is 0 Å². The highest BCUT2D eigenvalue weighted by Crippen LogP contribution is 1.98. The first-order valence-electron chi connectivity index (χ1n) is 4.69. The number of ether oxygens (including phenoxy) is 1. The first-order chi connectivity index (χ1) is 6.26. The van der Waals surface area contributed by atoms with Crippen molar-refractivity contribution >= 4 is 12.3 Å². The lowest BCUT2D eigenvalue weighted by Crippen LogP contribution is -2.27. The smallest absolute Gasteiger partial charge is 0.430 e. The number of amides is 1. The van der Waals surface area contributed by atoms with Gasteiger partial charge in [-0.25, -0.2) is 4.79 Å². The van der Waals surface area contributed by atoms with Gasteiger partial charge in [-0.3, -0.25) is 0 Å². The van der Waals surface area contributed by atoms with E-state index in [1.54, 1.807) is 20.1 Å². The summed E-state index contributed by atoms with van der Waals surface area (Å²) in [5.41, 5.74) is 0. The van der Waals surface area contributed by atoms with Crippen LogP contribution in [0.25, 0.3) is 0 Å². The number of carbonyl (C=O) groups excluding carboxylic acids is 1. The number of rotatable bonds is 5. The maximum Gasteiger partial charge on any atom is 0.430 e. The Labute approximate surface area is 79.6 Å². The van der Waals surface area contributed by atoms with Crippen molar-refractivity contribution in [3.8, 4) is 0 Å². The van der Waals surface area contributed by atoms with Crippen LogP contribution in [0.4, 0.5) is 4.79 Å². The molecule has 0 aliphatic rings. The van der Waals surface area contributed by atoms with E-state index in [2.05, 4.69) is 12.0 Å². The Morgan fingerprint density at radius 2 is 2.23 bits per heavy atom. The second-order valence-corrected chi connectivity index (χ2v) is 2.55. The summed E-state index contributed by atoms with van der Waals surface area (Å²) < 4.78 is 4.83. The first-order valence-corrected chi connectivity index (χ1v) is 4.69. The first kappa shape index (κ1) is 11.9. The van der Waals surface area contributed by atoms with Crippen molar-refractivity contribution in [1.82, 2.24) is 5.01 Å². The molecule has 0 aliphatic heterocycles. The molecule has 0 aromatic heterocycles. The van der Waals surface area contributed by atoms with Gasteiger partial charge < -0.3 is 4.74 Å². The van der Waals surface area contributed by atoms with E-state index in [0.717, 1.165) is 12.8 Å². The maximum absolute atomic E-state index is 11.2. The SMILES string of the molecule is C/C=N/N(CCCC)C(=O)OCC. The molecule has 0 heterocycles. The number of carbonyl (C=O) groups is 1. The van der Waals surface area contributed by atoms with Crippen LogP contribution in [0, 0.1) is 0 Å². The summed E-state index contributed by atoms with van der Waals surface area (Å²) in [5.74, 6) is 0. The molecule has 0 rings (SSSR count). The Morgan fingerprint density at radius 1 is 1.54 bits per heavy atom. The lowest BCUT2D eigenvalue weighted by molar-refractivity contribution is 0.108. The molecular formula is C9H18N2O2. The van der Waals surface area contributed by atoms with Crippen LogP contribution < -0.4 is 0 Å². The average Bonchev–Trinajstić information content (AvgIpc) is 2.12. The van der Waals surface area contributed by atoms with Crippen LogP contribution in [0.2, 0.25) is 0 Å². The van der Waals surface area contributed by atoms with Crippen molar-refractivity contribution in [2.24, 2.45) is 5.10 Å². The molecule has 0 aromatic rings. The number of hydrazone groups is 1. The fourth-order valence-electron chi connectivity index (χ4n) is 0.841. The molecule has 0 aromatic carbocycles. The van der Waals surface area contributed by atoms with Gasteiger partial charge in [0.1, 0.15) is 0 Å². The predicted octanol–water partition coefficient (Wildman–Crippen LogP) is 2.25. The van der Waals surface area contributed by atoms with E-state index in [9.17, 15) is 4.79 Å². The molecule has 0 saturated heterocycles. The van der Waals surface area contributed by atoms with Crippen LogP contribution in [-0.2, 0) is 4.74 Å². The van der Waals surface area contributed by atoms with Crippen molar-refractivity contribution < 1.29 is 9.53 Å². The molecule has 0 radical (unpaired) electrons. The molecule has 0 saturated carbocycles. The molecule has 4 nitrogen and oxygen atoms in total. The number of unbranched alkanes of at least 4 members (excludes halogenated alkanes) is 1. The quantitative estimate of drug-likeness (QED) is 0.488. The van der Waals surface area contributed by atoms with Crippen molar-refractivity contribution in [2.45, 2.75) is 33.6 Å². The topological polar surface area (TPSA) is 41.9 Å². The van der Waals surface area contributed by atoms with Crippen LogP contribution >= 0.6 is 0 Å². The summed E-state index contributed by atoms with van der Waals surface area (Å²) in [6.07, 6.45) is 3.20. The van der Waals surface area contributed by atoms with Crippen LogP contribution in [0.5, 0.6) is 0 Å². The van der Waals surface area contributed by atoms with Gasteiger partial charge in [0.2, 0.25) is 0 Å². The van der Waals surface area contributed by atoms with E-state index in [1.165, 1.54) is 5.01 Å². The minimum atomic E-state index is -0.367. The zero-order valence-electron chi connectivity index (χ0n) is 8.62. The third-order valence-corrected chi connectivity index (χ3v) is 1.46. The largest absolute Gasteiger partial charge is 0.448 e. The zero-order valence-corrected chi connectivity index (χ0v) is 8.62. The Hall–Kier alpha value is -1.06. The minimum absolute atomic E-state index is 0.367. The van der Waals surface area contributed by atoms with E-state index in [-0.39, 0.29) is 6.09 Å². The second-order valence-electron chi connectivity index (χ2n) is 2.55. The van der Waals surface area contributed by atoms with Gasteiger partial charge in [-0.1, -0.05) is 13.3 Å². The molecule has 0 atom stereocenters. The molecule has 0 spiro atoms. The van der Waals surface area contributed by atoms with Gasteiger partial charge in [-0.05, 0) is 20.3 Å². The van der Waals surface area contributed by atoms with E-state index < -0.39 is 0 Å². The standard InChI is InChI=1S/C9H18N2O2/c1-4-7-8-11(10-5-2)9(12)13-6-3/h5H,4,6-8H2,1-3H3/b10-5+. The Kier molecular flexibility index (Phi) is 6.96. The van der Waals surface area contributed by atoms with Crippen LogP contribution in [0.1, 0.15) is 33.6 Å². The summed E-state index contributed by atoms with van der Waals surface area (Å²) in [7, 11) is 0.